The number of nitrogens with zero attached hydrogens (tertiary/aromatic N) is 2. The summed E-state index contributed by atoms with van der Waals surface area (Å²) in [6.45, 7) is 10.0. The number of hydrogen-bond donors (Lipinski definition) is 1. The van der Waals surface area contributed by atoms with E-state index < -0.39 is 0 Å². The quantitative estimate of drug-likeness (QED) is 0.796. The highest BCUT2D eigenvalue weighted by Crippen LogP contribution is 2.23. The Balaban J connectivity index is 2.91. The highest BCUT2D eigenvalue weighted by Gasteiger charge is 2.23. The summed E-state index contributed by atoms with van der Waals surface area (Å²) in [4.78, 5) is 0. The molecule has 5 heteroatoms. The second kappa shape index (κ2) is 8.02. The van der Waals surface area contributed by atoms with Crippen molar-refractivity contribution in [3.05, 3.63) is 15.9 Å². The number of halogens is 1. The summed E-state index contributed by atoms with van der Waals surface area (Å²) < 4.78 is 9.03. The summed E-state index contributed by atoms with van der Waals surface area (Å²) in [7, 11) is 2.00. The van der Waals surface area contributed by atoms with E-state index >= 15 is 0 Å². The minimum Gasteiger partial charge on any atom is -0.377 e. The molecular formula is C14H26BrN3O. The van der Waals surface area contributed by atoms with Gasteiger partial charge < -0.3 is 10.1 Å². The molecule has 1 heterocycles. The van der Waals surface area contributed by atoms with E-state index in [0.717, 1.165) is 36.2 Å². The summed E-state index contributed by atoms with van der Waals surface area (Å²) in [6.07, 6.45) is 2.17. The first-order chi connectivity index (χ1) is 9.08. The lowest BCUT2D eigenvalue weighted by atomic mass is 10.0. The van der Waals surface area contributed by atoms with Crippen LogP contribution in [0.1, 0.15) is 38.6 Å². The number of nitrogens with one attached hydrogen (secondary N) is 1. The van der Waals surface area contributed by atoms with Crippen molar-refractivity contribution in [2.24, 2.45) is 0 Å². The zero-order valence-corrected chi connectivity index (χ0v) is 14.2. The van der Waals surface area contributed by atoms with Crippen LogP contribution in [0.25, 0.3) is 0 Å². The average Bonchev–Trinajstić information content (AvgIpc) is 2.69. The third-order valence-electron chi connectivity index (χ3n) is 3.47. The third kappa shape index (κ3) is 4.04. The van der Waals surface area contributed by atoms with E-state index in [4.69, 9.17) is 4.74 Å². The van der Waals surface area contributed by atoms with E-state index in [1.807, 2.05) is 20.9 Å². The molecule has 0 aromatic carbocycles. The number of likely N-dealkylation sites (N-methyl/N-ethyl adjacent to an activating group) is 1. The Morgan fingerprint density at radius 1 is 1.37 bits per heavy atom. The van der Waals surface area contributed by atoms with E-state index in [2.05, 4.69) is 44.9 Å². The molecule has 0 aliphatic carbocycles. The molecule has 0 aliphatic heterocycles. The van der Waals surface area contributed by atoms with Gasteiger partial charge in [0.15, 0.2) is 0 Å². The fraction of sp³-hybridized carbons (Fsp3) is 0.786. The first kappa shape index (κ1) is 16.7. The number of rotatable bonds is 8. The van der Waals surface area contributed by atoms with Gasteiger partial charge in [-0.1, -0.05) is 6.92 Å². The van der Waals surface area contributed by atoms with Gasteiger partial charge in [-0.3, -0.25) is 4.68 Å². The first-order valence-corrected chi connectivity index (χ1v) is 7.88. The summed E-state index contributed by atoms with van der Waals surface area (Å²) in [5.74, 6) is 0. The molecule has 0 saturated carbocycles. The fourth-order valence-corrected chi connectivity index (χ4v) is 2.87. The molecule has 0 fully saturated rings. The maximum Gasteiger partial charge on any atom is 0.0738 e. The van der Waals surface area contributed by atoms with Crippen molar-refractivity contribution < 1.29 is 4.74 Å². The summed E-state index contributed by atoms with van der Waals surface area (Å²) in [5.41, 5.74) is 2.30. The molecule has 0 saturated heterocycles. The van der Waals surface area contributed by atoms with Crippen LogP contribution in [0.3, 0.4) is 0 Å². The standard InChI is InChI=1S/C14H26BrN3O/c1-6-13(19-8-3)11(16-5)9-12-14(15)10(4)17-18(12)7-2/h11,13,16H,6-9H2,1-5H3. The van der Waals surface area contributed by atoms with Crippen molar-refractivity contribution >= 4 is 15.9 Å². The molecule has 0 bridgehead atoms. The van der Waals surface area contributed by atoms with Crippen LogP contribution in [0.4, 0.5) is 0 Å². The number of hydrogen-bond acceptors (Lipinski definition) is 3. The van der Waals surface area contributed by atoms with Crippen LogP contribution < -0.4 is 5.32 Å². The molecule has 1 rings (SSSR count). The number of aromatic nitrogens is 2. The largest absolute Gasteiger partial charge is 0.377 e. The van der Waals surface area contributed by atoms with E-state index in [0.29, 0.717) is 6.04 Å². The molecule has 110 valence electrons. The van der Waals surface area contributed by atoms with Gasteiger partial charge in [-0.15, -0.1) is 0 Å². The molecule has 1 N–H and O–H groups in total. The lowest BCUT2D eigenvalue weighted by molar-refractivity contribution is 0.0334. The van der Waals surface area contributed by atoms with Crippen LogP contribution in [0, 0.1) is 6.92 Å². The highest BCUT2D eigenvalue weighted by atomic mass is 79.9. The van der Waals surface area contributed by atoms with Crippen molar-refractivity contribution in [3.63, 3.8) is 0 Å². The van der Waals surface area contributed by atoms with Crippen molar-refractivity contribution in [1.82, 2.24) is 15.1 Å². The SMILES string of the molecule is CCOC(CC)C(Cc1c(Br)c(C)nn1CC)NC. The Bertz CT molecular complexity index is 392. The minimum atomic E-state index is 0.238. The van der Waals surface area contributed by atoms with Gasteiger partial charge in [-0.25, -0.2) is 0 Å². The Labute approximate surface area is 125 Å². The Hall–Kier alpha value is -0.390. The minimum absolute atomic E-state index is 0.238. The van der Waals surface area contributed by atoms with Gasteiger partial charge >= 0.3 is 0 Å². The fourth-order valence-electron chi connectivity index (χ4n) is 2.42. The first-order valence-electron chi connectivity index (χ1n) is 7.09. The van der Waals surface area contributed by atoms with Crippen LogP contribution >= 0.6 is 15.9 Å². The molecule has 2 atom stereocenters. The van der Waals surface area contributed by atoms with Gasteiger partial charge in [0.05, 0.1) is 22.0 Å². The van der Waals surface area contributed by atoms with E-state index in [-0.39, 0.29) is 6.10 Å². The van der Waals surface area contributed by atoms with E-state index in [1.54, 1.807) is 0 Å². The zero-order chi connectivity index (χ0) is 14.4. The zero-order valence-electron chi connectivity index (χ0n) is 12.7. The van der Waals surface area contributed by atoms with Crippen LogP contribution in [0.2, 0.25) is 0 Å². The Morgan fingerprint density at radius 2 is 2.05 bits per heavy atom. The second-order valence-electron chi connectivity index (χ2n) is 4.66. The van der Waals surface area contributed by atoms with Gasteiger partial charge in [-0.2, -0.15) is 5.10 Å². The predicted octanol–water partition coefficient (Wildman–Crippen LogP) is 2.92. The van der Waals surface area contributed by atoms with Gasteiger partial charge in [0.1, 0.15) is 0 Å². The maximum absolute atomic E-state index is 5.83. The lowest BCUT2D eigenvalue weighted by Gasteiger charge is -2.26. The smallest absolute Gasteiger partial charge is 0.0738 e. The van der Waals surface area contributed by atoms with Crippen molar-refractivity contribution in [3.8, 4) is 0 Å². The molecule has 0 amide bonds. The second-order valence-corrected chi connectivity index (χ2v) is 5.46. The van der Waals surface area contributed by atoms with Crippen LogP contribution in [0.5, 0.6) is 0 Å². The number of aryl methyl sites for hydroxylation is 2. The monoisotopic (exact) mass is 331 g/mol. The van der Waals surface area contributed by atoms with Crippen LogP contribution in [-0.4, -0.2) is 35.6 Å². The molecule has 0 spiro atoms. The predicted molar refractivity (Wildman–Crippen MR) is 82.6 cm³/mol. The van der Waals surface area contributed by atoms with Crippen molar-refractivity contribution in [1.29, 1.82) is 0 Å². The topological polar surface area (TPSA) is 39.1 Å². The molecule has 0 radical (unpaired) electrons. The van der Waals surface area contributed by atoms with Gasteiger partial charge in [0, 0.05) is 25.6 Å². The van der Waals surface area contributed by atoms with Gasteiger partial charge in [-0.05, 0) is 50.2 Å². The average molecular weight is 332 g/mol. The Morgan fingerprint density at radius 3 is 2.53 bits per heavy atom. The maximum atomic E-state index is 5.83. The highest BCUT2D eigenvalue weighted by molar-refractivity contribution is 9.10. The molecular weight excluding hydrogens is 306 g/mol. The Kier molecular flexibility index (Phi) is 7.04. The summed E-state index contributed by atoms with van der Waals surface area (Å²) >= 11 is 3.66. The van der Waals surface area contributed by atoms with E-state index in [9.17, 15) is 0 Å². The lowest BCUT2D eigenvalue weighted by Crippen LogP contribution is -2.41. The van der Waals surface area contributed by atoms with Gasteiger partial charge in [0.25, 0.3) is 0 Å². The third-order valence-corrected chi connectivity index (χ3v) is 4.50. The number of ether oxygens (including phenoxy) is 1. The molecule has 2 unspecified atom stereocenters. The summed E-state index contributed by atoms with van der Waals surface area (Å²) in [5, 5.41) is 7.94. The van der Waals surface area contributed by atoms with Crippen molar-refractivity contribution in [2.45, 2.75) is 59.2 Å². The van der Waals surface area contributed by atoms with E-state index in [1.165, 1.54) is 5.69 Å². The van der Waals surface area contributed by atoms with Crippen LogP contribution in [0.15, 0.2) is 4.47 Å². The molecule has 0 aliphatic rings. The van der Waals surface area contributed by atoms with Gasteiger partial charge in [0.2, 0.25) is 0 Å². The molecule has 19 heavy (non-hydrogen) atoms. The molecule has 1 aromatic heterocycles. The normalized spacial score (nSPS) is 14.6. The van der Waals surface area contributed by atoms with Crippen LogP contribution in [-0.2, 0) is 17.7 Å². The molecule has 1 aromatic rings. The molecule has 4 nitrogen and oxygen atoms in total. The summed E-state index contributed by atoms with van der Waals surface area (Å²) in [6, 6.07) is 0.308. The van der Waals surface area contributed by atoms with Crippen molar-refractivity contribution in [2.75, 3.05) is 13.7 Å².